The standard InChI is InChI=1S/C15H16BClO4/c1-11-2-5-13(17)10-15(11)21-9-8-20-14-6-3-12(4-7-14)16(18)19/h2-7,10,18-19H,8-9H2,1H3. The molecule has 2 aromatic rings. The molecule has 0 spiro atoms. The lowest BCUT2D eigenvalue weighted by Gasteiger charge is -2.11. The highest BCUT2D eigenvalue weighted by Gasteiger charge is 2.09. The van der Waals surface area contributed by atoms with E-state index >= 15 is 0 Å². The maximum atomic E-state index is 8.99. The maximum absolute atomic E-state index is 8.99. The third-order valence-corrected chi connectivity index (χ3v) is 3.17. The highest BCUT2D eigenvalue weighted by molar-refractivity contribution is 6.58. The predicted molar refractivity (Wildman–Crippen MR) is 83.4 cm³/mol. The van der Waals surface area contributed by atoms with Crippen molar-refractivity contribution in [3.05, 3.63) is 53.1 Å². The zero-order valence-corrected chi connectivity index (χ0v) is 12.4. The molecule has 0 heterocycles. The third kappa shape index (κ3) is 4.67. The van der Waals surface area contributed by atoms with Gasteiger partial charge in [0.15, 0.2) is 0 Å². The fourth-order valence-electron chi connectivity index (χ4n) is 1.78. The molecule has 0 bridgehead atoms. The van der Waals surface area contributed by atoms with Crippen molar-refractivity contribution < 1.29 is 19.5 Å². The molecule has 0 aliphatic heterocycles. The summed E-state index contributed by atoms with van der Waals surface area (Å²) in [4.78, 5) is 0. The van der Waals surface area contributed by atoms with Crippen LogP contribution in [0.3, 0.4) is 0 Å². The van der Waals surface area contributed by atoms with Crippen LogP contribution in [0.2, 0.25) is 5.02 Å². The van der Waals surface area contributed by atoms with E-state index in [1.807, 2.05) is 19.1 Å². The molecule has 110 valence electrons. The van der Waals surface area contributed by atoms with Crippen LogP contribution in [0.25, 0.3) is 0 Å². The molecule has 0 radical (unpaired) electrons. The minimum Gasteiger partial charge on any atom is -0.490 e. The zero-order valence-electron chi connectivity index (χ0n) is 11.6. The summed E-state index contributed by atoms with van der Waals surface area (Å²) in [6.07, 6.45) is 0. The Kier molecular flexibility index (Phi) is 5.50. The van der Waals surface area contributed by atoms with Crippen LogP contribution in [-0.2, 0) is 0 Å². The molecule has 0 unspecified atom stereocenters. The van der Waals surface area contributed by atoms with Gasteiger partial charge in [-0.1, -0.05) is 29.8 Å². The molecule has 4 nitrogen and oxygen atoms in total. The lowest BCUT2D eigenvalue weighted by Crippen LogP contribution is -2.29. The van der Waals surface area contributed by atoms with Gasteiger partial charge in [0.1, 0.15) is 24.7 Å². The normalized spacial score (nSPS) is 10.3. The van der Waals surface area contributed by atoms with Gasteiger partial charge in [0.25, 0.3) is 0 Å². The molecule has 6 heteroatoms. The van der Waals surface area contributed by atoms with Crippen molar-refractivity contribution in [3.63, 3.8) is 0 Å². The Morgan fingerprint density at radius 2 is 1.67 bits per heavy atom. The van der Waals surface area contributed by atoms with Crippen molar-refractivity contribution in [2.75, 3.05) is 13.2 Å². The second-order valence-electron chi connectivity index (χ2n) is 4.55. The van der Waals surface area contributed by atoms with Crippen molar-refractivity contribution in [1.82, 2.24) is 0 Å². The van der Waals surface area contributed by atoms with Gasteiger partial charge in [-0.15, -0.1) is 0 Å². The average Bonchev–Trinajstić information content (AvgIpc) is 2.47. The number of benzene rings is 2. The van der Waals surface area contributed by atoms with Crippen LogP contribution in [0, 0.1) is 6.92 Å². The fourth-order valence-corrected chi connectivity index (χ4v) is 1.94. The smallest absolute Gasteiger partial charge is 0.488 e. The van der Waals surface area contributed by atoms with Gasteiger partial charge in [-0.2, -0.15) is 0 Å². The van der Waals surface area contributed by atoms with Crippen LogP contribution in [0.4, 0.5) is 0 Å². The maximum Gasteiger partial charge on any atom is 0.488 e. The van der Waals surface area contributed by atoms with E-state index in [2.05, 4.69) is 0 Å². The summed E-state index contributed by atoms with van der Waals surface area (Å²) in [7, 11) is -1.46. The van der Waals surface area contributed by atoms with E-state index in [9.17, 15) is 0 Å². The first-order valence-electron chi connectivity index (χ1n) is 6.54. The van der Waals surface area contributed by atoms with Gasteiger partial charge in [0.05, 0.1) is 0 Å². The molecule has 2 aromatic carbocycles. The number of rotatable bonds is 6. The van der Waals surface area contributed by atoms with Crippen molar-refractivity contribution in [2.24, 2.45) is 0 Å². The molecule has 2 N–H and O–H groups in total. The topological polar surface area (TPSA) is 58.9 Å². The van der Waals surface area contributed by atoms with Gasteiger partial charge in [-0.05, 0) is 42.2 Å². The second kappa shape index (κ2) is 7.36. The Labute approximate surface area is 129 Å². The summed E-state index contributed by atoms with van der Waals surface area (Å²) in [5.41, 5.74) is 1.44. The lowest BCUT2D eigenvalue weighted by atomic mass is 9.80. The Morgan fingerprint density at radius 1 is 1.00 bits per heavy atom. The first-order valence-corrected chi connectivity index (χ1v) is 6.92. The number of aryl methyl sites for hydroxylation is 1. The monoisotopic (exact) mass is 306 g/mol. The third-order valence-electron chi connectivity index (χ3n) is 2.94. The zero-order chi connectivity index (χ0) is 15.2. The molecule has 0 aromatic heterocycles. The van der Waals surface area contributed by atoms with Crippen LogP contribution >= 0.6 is 11.6 Å². The van der Waals surface area contributed by atoms with Crippen molar-refractivity contribution in [3.8, 4) is 11.5 Å². The molecule has 0 aliphatic rings. The SMILES string of the molecule is Cc1ccc(Cl)cc1OCCOc1ccc(B(O)O)cc1. The Balaban J connectivity index is 1.80. The molecule has 21 heavy (non-hydrogen) atoms. The summed E-state index contributed by atoms with van der Waals surface area (Å²) in [5.74, 6) is 1.38. The van der Waals surface area contributed by atoms with Gasteiger partial charge < -0.3 is 19.5 Å². The van der Waals surface area contributed by atoms with Crippen LogP contribution in [0.5, 0.6) is 11.5 Å². The van der Waals surface area contributed by atoms with Crippen LogP contribution in [0.15, 0.2) is 42.5 Å². The number of ether oxygens (including phenoxy) is 2. The first-order chi connectivity index (χ1) is 10.1. The van der Waals surface area contributed by atoms with E-state index in [1.54, 1.807) is 30.3 Å². The fraction of sp³-hybridized carbons (Fsp3) is 0.200. The second-order valence-corrected chi connectivity index (χ2v) is 4.99. The molecule has 2 rings (SSSR count). The largest absolute Gasteiger partial charge is 0.490 e. The summed E-state index contributed by atoms with van der Waals surface area (Å²) >= 11 is 5.91. The number of halogens is 1. The summed E-state index contributed by atoms with van der Waals surface area (Å²) in [5, 5.41) is 18.6. The van der Waals surface area contributed by atoms with Gasteiger partial charge in [0, 0.05) is 5.02 Å². The van der Waals surface area contributed by atoms with Gasteiger partial charge in [-0.25, -0.2) is 0 Å². The molecule has 0 aliphatic carbocycles. The first kappa shape index (κ1) is 15.7. The molecule has 0 amide bonds. The highest BCUT2D eigenvalue weighted by atomic mass is 35.5. The average molecular weight is 307 g/mol. The predicted octanol–water partition coefficient (Wildman–Crippen LogP) is 1.79. The highest BCUT2D eigenvalue weighted by Crippen LogP contribution is 2.22. The lowest BCUT2D eigenvalue weighted by molar-refractivity contribution is 0.216. The minimum absolute atomic E-state index is 0.382. The quantitative estimate of drug-likeness (QED) is 0.631. The van der Waals surface area contributed by atoms with Gasteiger partial charge in [-0.3, -0.25) is 0 Å². The van der Waals surface area contributed by atoms with E-state index < -0.39 is 7.12 Å². The van der Waals surface area contributed by atoms with Gasteiger partial charge >= 0.3 is 7.12 Å². The molecule has 0 atom stereocenters. The molecular formula is C15H16BClO4. The molecular weight excluding hydrogens is 290 g/mol. The molecule has 0 saturated heterocycles. The summed E-state index contributed by atoms with van der Waals surface area (Å²) in [6, 6.07) is 12.0. The molecule has 0 fully saturated rings. The van der Waals surface area contributed by atoms with E-state index in [0.717, 1.165) is 11.3 Å². The molecule has 0 saturated carbocycles. The van der Waals surface area contributed by atoms with E-state index in [-0.39, 0.29) is 0 Å². The summed E-state index contributed by atoms with van der Waals surface area (Å²) < 4.78 is 11.1. The Morgan fingerprint density at radius 3 is 2.33 bits per heavy atom. The summed E-state index contributed by atoms with van der Waals surface area (Å²) in [6.45, 7) is 2.73. The van der Waals surface area contributed by atoms with Crippen LogP contribution < -0.4 is 14.9 Å². The van der Waals surface area contributed by atoms with Crippen LogP contribution in [-0.4, -0.2) is 30.4 Å². The van der Waals surface area contributed by atoms with Crippen LogP contribution in [0.1, 0.15) is 5.56 Å². The van der Waals surface area contributed by atoms with Crippen molar-refractivity contribution in [1.29, 1.82) is 0 Å². The number of hydrogen-bond donors (Lipinski definition) is 2. The number of hydrogen-bond acceptors (Lipinski definition) is 4. The van der Waals surface area contributed by atoms with Crippen molar-refractivity contribution in [2.45, 2.75) is 6.92 Å². The van der Waals surface area contributed by atoms with Gasteiger partial charge in [0.2, 0.25) is 0 Å². The van der Waals surface area contributed by atoms with E-state index in [4.69, 9.17) is 31.1 Å². The Bertz CT molecular complexity index is 587. The van der Waals surface area contributed by atoms with Crippen molar-refractivity contribution >= 4 is 24.2 Å². The minimum atomic E-state index is -1.46. The van der Waals surface area contributed by atoms with E-state index in [0.29, 0.717) is 29.4 Å². The van der Waals surface area contributed by atoms with E-state index in [1.165, 1.54) is 0 Å². The Hall–Kier alpha value is -1.69.